The quantitative estimate of drug-likeness (QED) is 0.786. The maximum absolute atomic E-state index is 5.34. The van der Waals surface area contributed by atoms with Crippen molar-refractivity contribution < 1.29 is 9.47 Å². The summed E-state index contributed by atoms with van der Waals surface area (Å²) in [5, 5.41) is 3.36. The second-order valence-electron chi connectivity index (χ2n) is 4.87. The summed E-state index contributed by atoms with van der Waals surface area (Å²) < 4.78 is 12.6. The minimum absolute atomic E-state index is 0.442. The SMILES string of the molecule is COc1cc2nc3cc(C(C)C)[nH]n3c2cc1OC. The molecule has 3 rings (SSSR count). The fourth-order valence-electron chi connectivity index (χ4n) is 2.23. The fraction of sp³-hybridized carbons (Fsp3) is 0.357. The third-order valence-electron chi connectivity index (χ3n) is 3.33. The number of aromatic nitrogens is 3. The van der Waals surface area contributed by atoms with Crippen molar-refractivity contribution in [3.8, 4) is 11.5 Å². The summed E-state index contributed by atoms with van der Waals surface area (Å²) in [5.74, 6) is 1.84. The number of ether oxygens (including phenoxy) is 2. The van der Waals surface area contributed by atoms with Gasteiger partial charge in [-0.25, -0.2) is 9.50 Å². The van der Waals surface area contributed by atoms with Crippen LogP contribution in [0.15, 0.2) is 18.2 Å². The molecule has 0 saturated carbocycles. The summed E-state index contributed by atoms with van der Waals surface area (Å²) in [6, 6.07) is 5.91. The van der Waals surface area contributed by atoms with E-state index >= 15 is 0 Å². The summed E-state index contributed by atoms with van der Waals surface area (Å²) in [5.41, 5.74) is 3.95. The largest absolute Gasteiger partial charge is 0.493 e. The maximum atomic E-state index is 5.34. The number of rotatable bonds is 3. The lowest BCUT2D eigenvalue weighted by Gasteiger charge is -2.07. The number of imidazole rings is 1. The molecule has 2 aromatic heterocycles. The summed E-state index contributed by atoms with van der Waals surface area (Å²) in [6.07, 6.45) is 0. The van der Waals surface area contributed by atoms with Gasteiger partial charge in [-0.2, -0.15) is 0 Å². The highest BCUT2D eigenvalue weighted by molar-refractivity contribution is 5.83. The van der Waals surface area contributed by atoms with Gasteiger partial charge in [0, 0.05) is 23.9 Å². The van der Waals surface area contributed by atoms with Crippen LogP contribution in [-0.2, 0) is 0 Å². The third-order valence-corrected chi connectivity index (χ3v) is 3.33. The molecule has 0 saturated heterocycles. The number of fused-ring (bicyclic) bond motifs is 3. The number of hydrogen-bond acceptors (Lipinski definition) is 3. The lowest BCUT2D eigenvalue weighted by atomic mass is 10.1. The standard InChI is InChI=1S/C14H17N3O2/c1-8(2)9-6-14-15-10-5-12(18-3)13(19-4)7-11(10)17(14)16-9/h5-8,16H,1-4H3. The smallest absolute Gasteiger partial charge is 0.163 e. The number of benzene rings is 1. The molecule has 0 bridgehead atoms. The Kier molecular flexibility index (Phi) is 2.62. The normalized spacial score (nSPS) is 11.6. The van der Waals surface area contributed by atoms with Crippen LogP contribution >= 0.6 is 0 Å². The topological polar surface area (TPSA) is 51.5 Å². The van der Waals surface area contributed by atoms with E-state index in [0.29, 0.717) is 17.4 Å². The van der Waals surface area contributed by atoms with E-state index in [4.69, 9.17) is 9.47 Å². The van der Waals surface area contributed by atoms with Crippen LogP contribution in [0.4, 0.5) is 0 Å². The minimum Gasteiger partial charge on any atom is -0.493 e. The fourth-order valence-corrected chi connectivity index (χ4v) is 2.23. The Morgan fingerprint density at radius 1 is 1.11 bits per heavy atom. The molecule has 3 aromatic rings. The molecule has 19 heavy (non-hydrogen) atoms. The zero-order chi connectivity index (χ0) is 13.6. The average molecular weight is 259 g/mol. The Morgan fingerprint density at radius 3 is 2.42 bits per heavy atom. The van der Waals surface area contributed by atoms with Gasteiger partial charge in [0.15, 0.2) is 17.1 Å². The molecule has 0 aliphatic carbocycles. The molecular weight excluding hydrogens is 242 g/mol. The molecular formula is C14H17N3O2. The molecule has 0 fully saturated rings. The second-order valence-corrected chi connectivity index (χ2v) is 4.87. The molecule has 5 nitrogen and oxygen atoms in total. The predicted octanol–water partition coefficient (Wildman–Crippen LogP) is 2.96. The van der Waals surface area contributed by atoms with Gasteiger partial charge in [-0.3, -0.25) is 5.10 Å². The van der Waals surface area contributed by atoms with Crippen molar-refractivity contribution in [2.75, 3.05) is 14.2 Å². The van der Waals surface area contributed by atoms with Gasteiger partial charge in [-0.05, 0) is 5.92 Å². The Bertz CT molecular complexity index is 740. The first-order valence-electron chi connectivity index (χ1n) is 6.27. The molecule has 0 radical (unpaired) electrons. The molecule has 0 amide bonds. The van der Waals surface area contributed by atoms with E-state index in [1.54, 1.807) is 14.2 Å². The average Bonchev–Trinajstić information content (AvgIpc) is 2.94. The van der Waals surface area contributed by atoms with E-state index in [1.807, 2.05) is 16.6 Å². The van der Waals surface area contributed by atoms with Gasteiger partial charge in [0.05, 0.1) is 25.3 Å². The number of nitrogens with zero attached hydrogens (tertiary/aromatic N) is 2. The number of nitrogens with one attached hydrogen (secondary N) is 1. The molecule has 5 heteroatoms. The zero-order valence-electron chi connectivity index (χ0n) is 11.5. The minimum atomic E-state index is 0.442. The Balaban J connectivity index is 2.29. The van der Waals surface area contributed by atoms with E-state index < -0.39 is 0 Å². The van der Waals surface area contributed by atoms with Crippen LogP contribution in [0.3, 0.4) is 0 Å². The van der Waals surface area contributed by atoms with Crippen molar-refractivity contribution in [3.05, 3.63) is 23.9 Å². The van der Waals surface area contributed by atoms with Crippen molar-refractivity contribution >= 4 is 16.7 Å². The molecule has 1 N–H and O–H groups in total. The number of hydrogen-bond donors (Lipinski definition) is 1. The molecule has 2 heterocycles. The van der Waals surface area contributed by atoms with Gasteiger partial charge in [-0.1, -0.05) is 13.8 Å². The van der Waals surface area contributed by atoms with Gasteiger partial charge in [-0.15, -0.1) is 0 Å². The van der Waals surface area contributed by atoms with Gasteiger partial charge in [0.25, 0.3) is 0 Å². The summed E-state index contributed by atoms with van der Waals surface area (Å²) in [4.78, 5) is 4.60. The first-order chi connectivity index (χ1) is 9.13. The monoisotopic (exact) mass is 259 g/mol. The number of H-pyrrole nitrogens is 1. The van der Waals surface area contributed by atoms with Gasteiger partial charge >= 0.3 is 0 Å². The highest BCUT2D eigenvalue weighted by Crippen LogP contribution is 2.32. The van der Waals surface area contributed by atoms with Gasteiger partial charge in [0.1, 0.15) is 0 Å². The van der Waals surface area contributed by atoms with Crippen LogP contribution in [-0.4, -0.2) is 28.8 Å². The molecule has 1 aromatic carbocycles. The van der Waals surface area contributed by atoms with Crippen molar-refractivity contribution in [2.24, 2.45) is 0 Å². The van der Waals surface area contributed by atoms with E-state index in [0.717, 1.165) is 16.7 Å². The highest BCUT2D eigenvalue weighted by atomic mass is 16.5. The Labute approximate surface area is 111 Å². The van der Waals surface area contributed by atoms with E-state index in [-0.39, 0.29) is 0 Å². The van der Waals surface area contributed by atoms with Crippen LogP contribution < -0.4 is 9.47 Å². The lowest BCUT2D eigenvalue weighted by molar-refractivity contribution is 0.355. The molecule has 0 atom stereocenters. The lowest BCUT2D eigenvalue weighted by Crippen LogP contribution is -1.93. The molecule has 0 spiro atoms. The maximum Gasteiger partial charge on any atom is 0.163 e. The van der Waals surface area contributed by atoms with Crippen molar-refractivity contribution in [1.82, 2.24) is 14.6 Å². The van der Waals surface area contributed by atoms with Crippen LogP contribution in [0.5, 0.6) is 11.5 Å². The van der Waals surface area contributed by atoms with Crippen LogP contribution in [0.1, 0.15) is 25.5 Å². The van der Waals surface area contributed by atoms with E-state index in [9.17, 15) is 0 Å². The van der Waals surface area contributed by atoms with Crippen molar-refractivity contribution in [2.45, 2.75) is 19.8 Å². The van der Waals surface area contributed by atoms with Crippen molar-refractivity contribution in [3.63, 3.8) is 0 Å². The second kappa shape index (κ2) is 4.19. The molecule has 100 valence electrons. The van der Waals surface area contributed by atoms with Crippen LogP contribution in [0, 0.1) is 0 Å². The van der Waals surface area contributed by atoms with Crippen molar-refractivity contribution in [1.29, 1.82) is 0 Å². The Hall–Kier alpha value is -2.17. The molecule has 0 unspecified atom stereocenters. The van der Waals surface area contributed by atoms with Gasteiger partial charge < -0.3 is 9.47 Å². The first kappa shape index (κ1) is 11.9. The third kappa shape index (κ3) is 1.73. The zero-order valence-corrected chi connectivity index (χ0v) is 11.5. The first-order valence-corrected chi connectivity index (χ1v) is 6.27. The number of methoxy groups -OCH3 is 2. The van der Waals surface area contributed by atoms with Crippen LogP contribution in [0.25, 0.3) is 16.7 Å². The van der Waals surface area contributed by atoms with E-state index in [1.165, 1.54) is 5.69 Å². The predicted molar refractivity (Wildman–Crippen MR) is 74.2 cm³/mol. The highest BCUT2D eigenvalue weighted by Gasteiger charge is 2.13. The molecule has 0 aliphatic rings. The number of aromatic amines is 1. The molecule has 0 aliphatic heterocycles. The van der Waals surface area contributed by atoms with Gasteiger partial charge in [0.2, 0.25) is 0 Å². The summed E-state index contributed by atoms with van der Waals surface area (Å²) in [6.45, 7) is 4.30. The summed E-state index contributed by atoms with van der Waals surface area (Å²) in [7, 11) is 3.26. The summed E-state index contributed by atoms with van der Waals surface area (Å²) >= 11 is 0. The van der Waals surface area contributed by atoms with Crippen LogP contribution in [0.2, 0.25) is 0 Å². The Morgan fingerprint density at radius 2 is 1.79 bits per heavy atom. The van der Waals surface area contributed by atoms with E-state index in [2.05, 4.69) is 30.0 Å².